The summed E-state index contributed by atoms with van der Waals surface area (Å²) in [5, 5.41) is 25.8. The molecule has 3 aliphatic rings. The van der Waals surface area contributed by atoms with Crippen LogP contribution in [0.5, 0.6) is 0 Å². The summed E-state index contributed by atoms with van der Waals surface area (Å²) in [5.41, 5.74) is 4.73. The van der Waals surface area contributed by atoms with Crippen LogP contribution in [0.25, 0.3) is 0 Å². The van der Waals surface area contributed by atoms with Crippen molar-refractivity contribution in [1.82, 2.24) is 0 Å². The van der Waals surface area contributed by atoms with Crippen LogP contribution in [0.2, 0.25) is 5.04 Å². The quantitative estimate of drug-likeness (QED) is 0.0499. The number of rotatable bonds is 26. The normalized spacial score (nSPS) is 26.0. The Hall–Kier alpha value is -5.76. The highest BCUT2D eigenvalue weighted by Gasteiger charge is 2.56. The van der Waals surface area contributed by atoms with Gasteiger partial charge in [0, 0.05) is 0 Å². The van der Waals surface area contributed by atoms with Gasteiger partial charge in [-0.1, -0.05) is 233 Å². The third kappa shape index (κ3) is 14.3. The summed E-state index contributed by atoms with van der Waals surface area (Å²) in [6.45, 7) is 7.92. The zero-order valence-corrected chi connectivity index (χ0v) is 46.7. The number of hydrogen-bond donors (Lipinski definition) is 2. The molecule has 0 radical (unpaired) electrons. The van der Waals surface area contributed by atoms with Gasteiger partial charge in [0.2, 0.25) is 0 Å². The lowest BCUT2D eigenvalue weighted by Gasteiger charge is -2.43. The molecule has 80 heavy (non-hydrogen) atoms. The van der Waals surface area contributed by atoms with Crippen molar-refractivity contribution in [1.29, 1.82) is 0 Å². The molecule has 7 aromatic carbocycles. The first-order chi connectivity index (χ1) is 39.1. The zero-order chi connectivity index (χ0) is 55.2. The lowest BCUT2D eigenvalue weighted by Crippen LogP contribution is -2.67. The second kappa shape index (κ2) is 27.8. The summed E-state index contributed by atoms with van der Waals surface area (Å²) in [7, 11) is -3.17. The molecule has 3 fully saturated rings. The minimum Gasteiger partial charge on any atom is -0.405 e. The van der Waals surface area contributed by atoms with Crippen molar-refractivity contribution in [3.05, 3.63) is 240 Å². The average Bonchev–Trinajstić information content (AvgIpc) is 4.11. The van der Waals surface area contributed by atoms with E-state index in [1.807, 2.05) is 164 Å². The highest BCUT2D eigenvalue weighted by atomic mass is 28.4. The van der Waals surface area contributed by atoms with Crippen molar-refractivity contribution in [2.75, 3.05) is 19.8 Å². The molecule has 3 saturated heterocycles. The minimum absolute atomic E-state index is 0.0419. The standard InChI is InChI=1S/C66H74O13Si/c1-66(2,3)80(52-35-21-9-22-36-52,53-37-23-10-24-38-53)75-46-56-60(79-64-57(67)58(70-40-48-27-13-5-14-28-48)54(77-64)44-69-39-47-25-11-4-12-26-47)62(73-43-51-33-19-8-20-34-51)65(78-56)74-45-55-59(71-41-49-29-15-6-16-30-49)61(63(68)76-55)72-42-50-31-17-7-18-32-50/h4-38,54-65,67-68H,39-46H2,1-3H3/t54-,55-,56-,57+,58-,59-,60-,61+,62+,63+,64-,65+/m1/s1. The molecule has 0 aliphatic carbocycles. The van der Waals surface area contributed by atoms with E-state index in [4.69, 9.17) is 51.8 Å². The van der Waals surface area contributed by atoms with Crippen LogP contribution in [0.4, 0.5) is 0 Å². The van der Waals surface area contributed by atoms with Gasteiger partial charge in [-0.15, -0.1) is 0 Å². The molecule has 420 valence electrons. The maximum absolute atomic E-state index is 12.4. The smallest absolute Gasteiger partial charge is 0.261 e. The molecule has 0 saturated carbocycles. The molecule has 0 bridgehead atoms. The molecule has 3 heterocycles. The van der Waals surface area contributed by atoms with Crippen LogP contribution in [0.1, 0.15) is 48.6 Å². The molecule has 0 unspecified atom stereocenters. The lowest BCUT2D eigenvalue weighted by molar-refractivity contribution is -0.226. The molecular formula is C66H74O13Si. The number of hydrogen-bond acceptors (Lipinski definition) is 13. The van der Waals surface area contributed by atoms with Crippen molar-refractivity contribution in [2.24, 2.45) is 0 Å². The first-order valence-electron chi connectivity index (χ1n) is 27.7. The van der Waals surface area contributed by atoms with E-state index in [2.05, 4.69) is 69.3 Å². The number of aliphatic hydroxyl groups excluding tert-OH is 2. The van der Waals surface area contributed by atoms with Crippen molar-refractivity contribution in [3.8, 4) is 0 Å². The molecular weight excluding hydrogens is 1030 g/mol. The highest BCUT2D eigenvalue weighted by Crippen LogP contribution is 2.40. The molecule has 14 heteroatoms. The predicted octanol–water partition coefficient (Wildman–Crippen LogP) is 9.05. The molecule has 12 atom stereocenters. The molecule has 7 aromatic rings. The summed E-state index contributed by atoms with van der Waals surface area (Å²) in [5.74, 6) is 0. The SMILES string of the molecule is CC(C)(C)[Si](OC[C@H]1O[C@H](OC[C@H]2O[C@H](O)[C@@H](OCc3ccccc3)[C@@H]2OCc2ccccc2)[C@@H](OCc2ccccc2)[C@@H]1O[C@H]1O[C@H](COCc2ccccc2)[C@@H](OCc2ccccc2)[C@@H]1O)(c1ccccc1)c1ccccc1. The van der Waals surface area contributed by atoms with Crippen molar-refractivity contribution >= 4 is 18.7 Å². The van der Waals surface area contributed by atoms with Gasteiger partial charge in [0.15, 0.2) is 18.9 Å². The van der Waals surface area contributed by atoms with Crippen LogP contribution < -0.4 is 10.4 Å². The van der Waals surface area contributed by atoms with E-state index in [0.717, 1.165) is 38.2 Å². The number of ether oxygens (including phenoxy) is 10. The summed E-state index contributed by atoms with van der Waals surface area (Å²) in [4.78, 5) is 0. The molecule has 10 rings (SSSR count). The van der Waals surface area contributed by atoms with Gasteiger partial charge in [0.05, 0.1) is 52.9 Å². The molecule has 0 aromatic heterocycles. The third-order valence-electron chi connectivity index (χ3n) is 15.0. The first-order valence-corrected chi connectivity index (χ1v) is 29.6. The van der Waals surface area contributed by atoms with Crippen molar-refractivity contribution < 1.29 is 62.0 Å². The summed E-state index contributed by atoms with van der Waals surface area (Å²) in [6.07, 6.45) is -11.6. The zero-order valence-electron chi connectivity index (χ0n) is 45.7. The van der Waals surface area contributed by atoms with Gasteiger partial charge in [0.1, 0.15) is 54.9 Å². The number of benzene rings is 7. The summed E-state index contributed by atoms with van der Waals surface area (Å²) < 4.78 is 74.5. The fourth-order valence-electron chi connectivity index (χ4n) is 10.9. The van der Waals surface area contributed by atoms with Crippen LogP contribution in [-0.2, 0) is 84.8 Å². The Morgan fingerprint density at radius 3 is 1.21 bits per heavy atom. The first kappa shape index (κ1) is 57.5. The maximum atomic E-state index is 12.4. The second-order valence-corrected chi connectivity index (χ2v) is 25.9. The van der Waals surface area contributed by atoms with Crippen LogP contribution >= 0.6 is 0 Å². The summed E-state index contributed by atoms with van der Waals surface area (Å²) in [6, 6.07) is 70.0. The molecule has 0 amide bonds. The molecule has 13 nitrogen and oxygen atoms in total. The third-order valence-corrected chi connectivity index (χ3v) is 20.0. The van der Waals surface area contributed by atoms with Crippen molar-refractivity contribution in [2.45, 2.75) is 133 Å². The predicted molar refractivity (Wildman–Crippen MR) is 305 cm³/mol. The average molecular weight is 1100 g/mol. The molecule has 2 N–H and O–H groups in total. The van der Waals surface area contributed by atoms with Gasteiger partial charge in [-0.3, -0.25) is 0 Å². The highest BCUT2D eigenvalue weighted by molar-refractivity contribution is 6.99. The Balaban J connectivity index is 0.973. The van der Waals surface area contributed by atoms with Gasteiger partial charge in [-0.25, -0.2) is 0 Å². The van der Waals surface area contributed by atoms with E-state index in [1.165, 1.54) is 0 Å². The maximum Gasteiger partial charge on any atom is 0.261 e. The molecule has 3 aliphatic heterocycles. The van der Waals surface area contributed by atoms with E-state index in [1.54, 1.807) is 0 Å². The summed E-state index contributed by atoms with van der Waals surface area (Å²) >= 11 is 0. The Labute approximate surface area is 471 Å². The Morgan fingerprint density at radius 1 is 0.375 bits per heavy atom. The van der Waals surface area contributed by atoms with Crippen LogP contribution in [0.15, 0.2) is 212 Å². The fraction of sp³-hybridized carbons (Fsp3) is 0.364. The van der Waals surface area contributed by atoms with Gasteiger partial charge in [-0.2, -0.15) is 0 Å². The van der Waals surface area contributed by atoms with E-state index in [0.29, 0.717) is 6.61 Å². The van der Waals surface area contributed by atoms with Gasteiger partial charge < -0.3 is 62.0 Å². The lowest BCUT2D eigenvalue weighted by atomic mass is 10.1. The Kier molecular flexibility index (Phi) is 20.0. The fourth-order valence-corrected chi connectivity index (χ4v) is 15.5. The minimum atomic E-state index is -3.17. The van der Waals surface area contributed by atoms with Crippen LogP contribution in [-0.4, -0.2) is 112 Å². The van der Waals surface area contributed by atoms with Gasteiger partial charge >= 0.3 is 0 Å². The largest absolute Gasteiger partial charge is 0.405 e. The second-order valence-electron chi connectivity index (χ2n) is 21.6. The van der Waals surface area contributed by atoms with E-state index >= 15 is 0 Å². The van der Waals surface area contributed by atoms with E-state index < -0.39 is 82.1 Å². The van der Waals surface area contributed by atoms with Crippen LogP contribution in [0.3, 0.4) is 0 Å². The topological polar surface area (TPSA) is 142 Å². The van der Waals surface area contributed by atoms with E-state index in [9.17, 15) is 10.2 Å². The monoisotopic (exact) mass is 1100 g/mol. The van der Waals surface area contributed by atoms with Gasteiger partial charge in [0.25, 0.3) is 8.32 Å². The van der Waals surface area contributed by atoms with E-state index in [-0.39, 0.29) is 51.3 Å². The Bertz CT molecular complexity index is 2830. The van der Waals surface area contributed by atoms with Crippen LogP contribution in [0, 0.1) is 0 Å². The Morgan fingerprint density at radius 2 is 0.750 bits per heavy atom. The van der Waals surface area contributed by atoms with Crippen molar-refractivity contribution in [3.63, 3.8) is 0 Å². The number of aliphatic hydroxyl groups is 2. The van der Waals surface area contributed by atoms with Gasteiger partial charge in [-0.05, 0) is 43.2 Å². The molecule has 0 spiro atoms.